The number of aromatic nitrogens is 1. The number of hydrogen-bond donors (Lipinski definition) is 1. The van der Waals surface area contributed by atoms with Gasteiger partial charge in [-0.15, -0.1) is 11.3 Å². The van der Waals surface area contributed by atoms with Crippen molar-refractivity contribution in [2.75, 3.05) is 57.7 Å². The van der Waals surface area contributed by atoms with Crippen LogP contribution in [0.2, 0.25) is 0 Å². The Hall–Kier alpha value is -2.98. The molecular formula is C32H39N3O5S. The summed E-state index contributed by atoms with van der Waals surface area (Å²) in [5.41, 5.74) is 5.81. The van der Waals surface area contributed by atoms with Crippen LogP contribution in [-0.2, 0) is 16.1 Å². The molecule has 3 aliphatic rings. The summed E-state index contributed by atoms with van der Waals surface area (Å²) in [6.45, 7) is 9.38. The van der Waals surface area contributed by atoms with Crippen molar-refractivity contribution in [3.63, 3.8) is 0 Å². The number of ether oxygens (including phenoxy) is 3. The van der Waals surface area contributed by atoms with Gasteiger partial charge in [0, 0.05) is 42.7 Å². The Bertz CT molecular complexity index is 1360. The van der Waals surface area contributed by atoms with Gasteiger partial charge in [-0.25, -0.2) is 4.98 Å². The Kier molecular flexibility index (Phi) is 8.57. The summed E-state index contributed by atoms with van der Waals surface area (Å²) in [7, 11) is 0. The highest BCUT2D eigenvalue weighted by atomic mass is 32.1. The van der Waals surface area contributed by atoms with Crippen molar-refractivity contribution in [1.29, 1.82) is 0 Å². The molecule has 2 bridgehead atoms. The fourth-order valence-corrected chi connectivity index (χ4v) is 7.45. The number of thiazole rings is 1. The van der Waals surface area contributed by atoms with Crippen LogP contribution < -0.4 is 9.64 Å². The van der Waals surface area contributed by atoms with E-state index in [0.717, 1.165) is 57.5 Å². The lowest BCUT2D eigenvalue weighted by Crippen LogP contribution is -2.43. The van der Waals surface area contributed by atoms with Gasteiger partial charge in [0.1, 0.15) is 19.1 Å². The molecule has 2 atom stereocenters. The zero-order chi connectivity index (χ0) is 28.3. The van der Waals surface area contributed by atoms with Crippen LogP contribution in [-0.4, -0.2) is 73.7 Å². The minimum Gasteiger partial charge on any atom is -0.488 e. The van der Waals surface area contributed by atoms with Crippen molar-refractivity contribution in [3.05, 3.63) is 64.0 Å². The van der Waals surface area contributed by atoms with Crippen molar-refractivity contribution < 1.29 is 24.1 Å². The Morgan fingerprint density at radius 3 is 2.61 bits per heavy atom. The van der Waals surface area contributed by atoms with Crippen molar-refractivity contribution in [2.45, 2.75) is 33.3 Å². The second kappa shape index (κ2) is 12.5. The molecule has 0 spiro atoms. The Morgan fingerprint density at radius 2 is 1.88 bits per heavy atom. The molecule has 3 fully saturated rings. The van der Waals surface area contributed by atoms with E-state index >= 15 is 0 Å². The van der Waals surface area contributed by atoms with Gasteiger partial charge in [-0.2, -0.15) is 0 Å². The largest absolute Gasteiger partial charge is 0.488 e. The number of carbonyl (C=O) groups excluding carboxylic acids is 1. The van der Waals surface area contributed by atoms with Gasteiger partial charge in [0.25, 0.3) is 5.91 Å². The molecule has 41 heavy (non-hydrogen) atoms. The molecule has 9 heteroatoms. The van der Waals surface area contributed by atoms with E-state index in [4.69, 9.17) is 24.3 Å². The molecule has 8 nitrogen and oxygen atoms in total. The van der Waals surface area contributed by atoms with Gasteiger partial charge in [0.05, 0.1) is 25.5 Å². The lowest BCUT2D eigenvalue weighted by molar-refractivity contribution is -0.0315. The number of nitrogens with zero attached hydrogens (tertiary/aromatic N) is 3. The number of hydrogen-bond acceptors (Lipinski definition) is 8. The molecule has 6 rings (SSSR count). The molecule has 3 heterocycles. The van der Waals surface area contributed by atoms with Crippen molar-refractivity contribution in [1.82, 2.24) is 9.88 Å². The molecule has 2 aromatic carbocycles. The molecule has 2 aliphatic heterocycles. The van der Waals surface area contributed by atoms with Gasteiger partial charge in [-0.05, 0) is 73.8 Å². The molecule has 2 saturated heterocycles. The molecule has 1 aliphatic carbocycles. The highest BCUT2D eigenvalue weighted by Gasteiger charge is 2.42. The summed E-state index contributed by atoms with van der Waals surface area (Å²) in [5.74, 6) is 2.58. The zero-order valence-corrected chi connectivity index (χ0v) is 24.7. The van der Waals surface area contributed by atoms with Gasteiger partial charge in [-0.1, -0.05) is 23.8 Å². The quantitative estimate of drug-likeness (QED) is 0.362. The minimum absolute atomic E-state index is 0.0640. The summed E-state index contributed by atoms with van der Waals surface area (Å²) in [4.78, 5) is 22.3. The molecule has 1 amide bonds. The van der Waals surface area contributed by atoms with Crippen LogP contribution in [0.4, 0.5) is 5.13 Å². The van der Waals surface area contributed by atoms with Crippen molar-refractivity contribution in [2.24, 2.45) is 17.8 Å². The average molecular weight is 578 g/mol. The highest BCUT2D eigenvalue weighted by molar-refractivity contribution is 7.14. The monoisotopic (exact) mass is 577 g/mol. The normalized spacial score (nSPS) is 22.3. The maximum atomic E-state index is 13.0. The lowest BCUT2D eigenvalue weighted by Gasteiger charge is -2.37. The Balaban J connectivity index is 1.14. The second-order valence-corrected chi connectivity index (χ2v) is 12.4. The van der Waals surface area contributed by atoms with Crippen molar-refractivity contribution >= 4 is 22.4 Å². The summed E-state index contributed by atoms with van der Waals surface area (Å²) >= 11 is 1.69. The molecule has 1 saturated carbocycles. The van der Waals surface area contributed by atoms with Crippen LogP contribution in [0, 0.1) is 31.6 Å². The summed E-state index contributed by atoms with van der Waals surface area (Å²) in [6.07, 6.45) is 2.44. The van der Waals surface area contributed by atoms with Gasteiger partial charge in [-0.3, -0.25) is 4.79 Å². The smallest absolute Gasteiger partial charge is 0.254 e. The number of carbonyl (C=O) groups is 1. The third kappa shape index (κ3) is 6.14. The molecular weight excluding hydrogens is 538 g/mol. The topological polar surface area (TPSA) is 84.4 Å². The molecule has 3 aromatic rings. The minimum atomic E-state index is -0.199. The number of anilines is 1. The van der Waals surface area contributed by atoms with Crippen molar-refractivity contribution in [3.8, 4) is 17.0 Å². The zero-order valence-electron chi connectivity index (χ0n) is 23.9. The number of aliphatic hydroxyl groups excluding tert-OH is 1. The van der Waals surface area contributed by atoms with Crippen LogP contribution in [0.1, 0.15) is 39.9 Å². The standard InChI is InChI=1S/C32H39N3O5S/c1-21-3-8-30(40-17-23-4-7-26(22(2)14-23)31(37)34-9-11-38-12-10-34)27(13-21)29-19-41-32(33-29)35-15-24-5-6-25(16-35)28(24)18-39-20-36/h3-4,7-8,13-14,19,24-25,28,36H,5-6,9-12,15-18,20H2,1-2H3. The number of morpholine rings is 1. The van der Waals surface area contributed by atoms with E-state index in [9.17, 15) is 4.79 Å². The fraction of sp³-hybridized carbons (Fsp3) is 0.500. The third-order valence-corrected chi connectivity index (χ3v) is 9.72. The second-order valence-electron chi connectivity index (χ2n) is 11.5. The van der Waals surface area contributed by atoms with E-state index < -0.39 is 0 Å². The number of piperidine rings is 1. The SMILES string of the molecule is Cc1ccc(OCc2ccc(C(=O)N3CCOCC3)c(C)c2)c(-c2csc(N3CC4CCC(C3)C4COCO)n2)c1. The molecule has 1 N–H and O–H groups in total. The van der Waals surface area contributed by atoms with E-state index in [1.807, 2.05) is 36.1 Å². The van der Waals surface area contributed by atoms with Crippen LogP contribution in [0.15, 0.2) is 41.8 Å². The van der Waals surface area contributed by atoms with E-state index in [0.29, 0.717) is 57.3 Å². The Labute approximate surface area is 245 Å². The molecule has 2 unspecified atom stereocenters. The maximum Gasteiger partial charge on any atom is 0.254 e. The van der Waals surface area contributed by atoms with Gasteiger partial charge in [0.2, 0.25) is 0 Å². The number of amides is 1. The molecule has 218 valence electrons. The van der Waals surface area contributed by atoms with E-state index in [2.05, 4.69) is 29.3 Å². The highest BCUT2D eigenvalue weighted by Crippen LogP contribution is 2.44. The first-order chi connectivity index (χ1) is 20.0. The van der Waals surface area contributed by atoms with Crippen LogP contribution >= 0.6 is 11.3 Å². The van der Waals surface area contributed by atoms with Gasteiger partial charge < -0.3 is 29.1 Å². The predicted octanol–water partition coefficient (Wildman–Crippen LogP) is 4.91. The number of aliphatic hydroxyl groups is 1. The maximum absolute atomic E-state index is 13.0. The van der Waals surface area contributed by atoms with Crippen LogP contribution in [0.3, 0.4) is 0 Å². The third-order valence-electron chi connectivity index (χ3n) is 8.82. The average Bonchev–Trinajstić information content (AvgIpc) is 3.57. The van der Waals surface area contributed by atoms with E-state index in [-0.39, 0.29) is 12.7 Å². The Morgan fingerprint density at radius 1 is 1.10 bits per heavy atom. The fourth-order valence-electron chi connectivity index (χ4n) is 6.61. The predicted molar refractivity (Wildman–Crippen MR) is 159 cm³/mol. The van der Waals surface area contributed by atoms with Gasteiger partial charge >= 0.3 is 0 Å². The lowest BCUT2D eigenvalue weighted by atomic mass is 9.86. The van der Waals surface area contributed by atoms with E-state index in [1.54, 1.807) is 11.3 Å². The first-order valence-electron chi connectivity index (χ1n) is 14.6. The summed E-state index contributed by atoms with van der Waals surface area (Å²) < 4.78 is 17.1. The van der Waals surface area contributed by atoms with Crippen LogP contribution in [0.25, 0.3) is 11.3 Å². The first-order valence-corrected chi connectivity index (χ1v) is 15.5. The number of benzene rings is 2. The summed E-state index contributed by atoms with van der Waals surface area (Å²) in [6, 6.07) is 12.2. The first kappa shape index (κ1) is 28.2. The summed E-state index contributed by atoms with van der Waals surface area (Å²) in [5, 5.41) is 12.3. The number of aryl methyl sites for hydroxylation is 2. The number of rotatable bonds is 9. The van der Waals surface area contributed by atoms with E-state index in [1.165, 1.54) is 12.8 Å². The molecule has 1 aromatic heterocycles. The van der Waals surface area contributed by atoms with Crippen LogP contribution in [0.5, 0.6) is 5.75 Å². The molecule has 0 radical (unpaired) electrons. The van der Waals surface area contributed by atoms with Gasteiger partial charge in [0.15, 0.2) is 5.13 Å². The number of fused-ring (bicyclic) bond motifs is 2.